The molecule has 0 bridgehead atoms. The van der Waals surface area contributed by atoms with Crippen LogP contribution in [0.25, 0.3) is 28.0 Å². The van der Waals surface area contributed by atoms with E-state index in [2.05, 4.69) is 20.4 Å². The van der Waals surface area contributed by atoms with E-state index in [1.165, 1.54) is 25.1 Å². The maximum Gasteiger partial charge on any atom is 0.223 e. The van der Waals surface area contributed by atoms with Gasteiger partial charge >= 0.3 is 0 Å². The van der Waals surface area contributed by atoms with Gasteiger partial charge in [-0.25, -0.2) is 19.5 Å². The Morgan fingerprint density at radius 3 is 2.75 bits per heavy atom. The maximum atomic E-state index is 13.8. The highest BCUT2D eigenvalue weighted by atomic mass is 19.1. The number of nitrogens with one attached hydrogen (secondary N) is 1. The predicted octanol–water partition coefficient (Wildman–Crippen LogP) is 4.35. The Bertz CT molecular complexity index is 1130. The monoisotopic (exact) mass is 374 g/mol. The average Bonchev–Trinajstić information content (AvgIpc) is 3.35. The highest BCUT2D eigenvalue weighted by Gasteiger charge is 2.20. The van der Waals surface area contributed by atoms with Gasteiger partial charge < -0.3 is 5.32 Å². The molecule has 0 saturated heterocycles. The quantitative estimate of drug-likeness (QED) is 0.538. The minimum absolute atomic E-state index is 0.424. The number of fused-ring (bicyclic) bond motifs is 1. The smallest absolute Gasteiger partial charge is 0.223 e. The summed E-state index contributed by atoms with van der Waals surface area (Å²) in [7, 11) is 0. The van der Waals surface area contributed by atoms with Crippen molar-refractivity contribution in [3.63, 3.8) is 0 Å². The maximum absolute atomic E-state index is 13.8. The molecule has 1 fully saturated rings. The van der Waals surface area contributed by atoms with Gasteiger partial charge in [-0.3, -0.25) is 0 Å². The second-order valence-corrected chi connectivity index (χ2v) is 7.01. The topological polar surface area (TPSA) is 68.0 Å². The van der Waals surface area contributed by atoms with Gasteiger partial charge in [0.05, 0.1) is 16.8 Å². The van der Waals surface area contributed by atoms with Crippen LogP contribution in [0.4, 0.5) is 10.3 Å². The van der Waals surface area contributed by atoms with Gasteiger partial charge in [0.1, 0.15) is 5.69 Å². The first-order valence-corrected chi connectivity index (χ1v) is 9.47. The van der Waals surface area contributed by atoms with Gasteiger partial charge in [0.25, 0.3) is 0 Å². The zero-order valence-corrected chi connectivity index (χ0v) is 15.2. The summed E-state index contributed by atoms with van der Waals surface area (Å²) in [6, 6.07) is 11.3. The van der Waals surface area contributed by atoms with Gasteiger partial charge in [-0.2, -0.15) is 9.49 Å². The molecule has 7 heteroatoms. The highest BCUT2D eigenvalue weighted by molar-refractivity contribution is 5.90. The van der Waals surface area contributed by atoms with Crippen molar-refractivity contribution in [2.24, 2.45) is 0 Å². The molecule has 0 radical (unpaired) electrons. The molecule has 4 aromatic heterocycles. The van der Waals surface area contributed by atoms with E-state index in [0.29, 0.717) is 23.2 Å². The lowest BCUT2D eigenvalue weighted by atomic mass is 10.0. The van der Waals surface area contributed by atoms with E-state index >= 15 is 0 Å². The summed E-state index contributed by atoms with van der Waals surface area (Å²) in [4.78, 5) is 12.8. The van der Waals surface area contributed by atoms with Crippen LogP contribution in [0.3, 0.4) is 0 Å². The second kappa shape index (κ2) is 6.99. The normalized spacial score (nSPS) is 14.6. The summed E-state index contributed by atoms with van der Waals surface area (Å²) in [6.07, 6.45) is 9.84. The van der Waals surface area contributed by atoms with Crippen molar-refractivity contribution in [1.82, 2.24) is 24.6 Å². The lowest BCUT2D eigenvalue weighted by Crippen LogP contribution is -2.16. The molecular formula is C21H19FN6. The van der Waals surface area contributed by atoms with Crippen LogP contribution in [0.5, 0.6) is 0 Å². The summed E-state index contributed by atoms with van der Waals surface area (Å²) in [5, 5.41) is 8.11. The minimum atomic E-state index is -0.535. The first-order valence-electron chi connectivity index (χ1n) is 9.47. The lowest BCUT2D eigenvalue weighted by Gasteiger charge is -2.12. The van der Waals surface area contributed by atoms with Gasteiger partial charge in [0.15, 0.2) is 0 Å². The van der Waals surface area contributed by atoms with Crippen molar-refractivity contribution in [2.45, 2.75) is 31.7 Å². The molecule has 6 nitrogen and oxygen atoms in total. The van der Waals surface area contributed by atoms with Crippen LogP contribution in [0.15, 0.2) is 55.0 Å². The Labute approximate surface area is 161 Å². The number of rotatable bonds is 4. The summed E-state index contributed by atoms with van der Waals surface area (Å²) in [5.74, 6) is 0.0818. The molecule has 4 aromatic rings. The zero-order chi connectivity index (χ0) is 18.9. The van der Waals surface area contributed by atoms with Crippen molar-refractivity contribution in [3.8, 4) is 22.5 Å². The molecule has 4 heterocycles. The molecule has 1 aliphatic carbocycles. The molecule has 1 aliphatic rings. The summed E-state index contributed by atoms with van der Waals surface area (Å²) < 4.78 is 15.5. The molecule has 0 unspecified atom stereocenters. The number of pyridine rings is 2. The van der Waals surface area contributed by atoms with E-state index in [1.807, 2.05) is 30.5 Å². The van der Waals surface area contributed by atoms with E-state index in [4.69, 9.17) is 4.98 Å². The van der Waals surface area contributed by atoms with Crippen molar-refractivity contribution in [1.29, 1.82) is 0 Å². The third-order valence-electron chi connectivity index (χ3n) is 5.14. The number of nitrogens with zero attached hydrogens (tertiary/aromatic N) is 5. The van der Waals surface area contributed by atoms with E-state index in [-0.39, 0.29) is 0 Å². The number of aromatic nitrogens is 5. The Morgan fingerprint density at radius 1 is 1.04 bits per heavy atom. The predicted molar refractivity (Wildman–Crippen MR) is 105 cm³/mol. The van der Waals surface area contributed by atoms with Crippen LogP contribution in [0.2, 0.25) is 0 Å². The van der Waals surface area contributed by atoms with E-state index in [9.17, 15) is 4.39 Å². The van der Waals surface area contributed by atoms with Crippen LogP contribution in [-0.4, -0.2) is 30.6 Å². The van der Waals surface area contributed by atoms with Crippen molar-refractivity contribution in [2.75, 3.05) is 5.32 Å². The highest BCUT2D eigenvalue weighted by Crippen LogP contribution is 2.34. The summed E-state index contributed by atoms with van der Waals surface area (Å²) in [6.45, 7) is 0. The molecule has 28 heavy (non-hydrogen) atoms. The third-order valence-corrected chi connectivity index (χ3v) is 5.14. The molecule has 1 saturated carbocycles. The molecule has 0 aliphatic heterocycles. The molecule has 5 rings (SSSR count). The van der Waals surface area contributed by atoms with Crippen LogP contribution in [-0.2, 0) is 0 Å². The van der Waals surface area contributed by atoms with E-state index in [0.717, 1.165) is 29.6 Å². The lowest BCUT2D eigenvalue weighted by molar-refractivity contribution is 0.584. The van der Waals surface area contributed by atoms with Gasteiger partial charge in [0, 0.05) is 36.3 Å². The minimum Gasteiger partial charge on any atom is -0.351 e. The van der Waals surface area contributed by atoms with Crippen LogP contribution in [0.1, 0.15) is 25.7 Å². The molecule has 0 aromatic carbocycles. The summed E-state index contributed by atoms with van der Waals surface area (Å²) in [5.41, 5.74) is 3.83. The molecular weight excluding hydrogens is 355 g/mol. The fourth-order valence-electron chi connectivity index (χ4n) is 3.82. The van der Waals surface area contributed by atoms with Crippen LogP contribution in [0, 0.1) is 5.95 Å². The first kappa shape index (κ1) is 16.8. The Hall–Kier alpha value is -3.35. The Kier molecular flexibility index (Phi) is 4.20. The molecule has 140 valence electrons. The SMILES string of the molecule is Fc1cc(-c2nn3ccccc3c2-c2ccnc(NC3CCCC3)n2)ccn1. The zero-order valence-electron chi connectivity index (χ0n) is 15.2. The van der Waals surface area contributed by atoms with Gasteiger partial charge in [-0.1, -0.05) is 18.9 Å². The number of hydrogen-bond donors (Lipinski definition) is 1. The van der Waals surface area contributed by atoms with Crippen molar-refractivity contribution in [3.05, 3.63) is 60.9 Å². The number of anilines is 1. The average molecular weight is 374 g/mol. The number of hydrogen-bond acceptors (Lipinski definition) is 5. The first-order chi connectivity index (χ1) is 13.8. The largest absolute Gasteiger partial charge is 0.351 e. The molecule has 0 spiro atoms. The van der Waals surface area contributed by atoms with Gasteiger partial charge in [-0.15, -0.1) is 0 Å². The van der Waals surface area contributed by atoms with E-state index < -0.39 is 5.95 Å². The molecule has 1 N–H and O–H groups in total. The van der Waals surface area contributed by atoms with Crippen molar-refractivity contribution < 1.29 is 4.39 Å². The fraction of sp³-hybridized carbons (Fsp3) is 0.238. The molecule has 0 amide bonds. The van der Waals surface area contributed by atoms with Crippen molar-refractivity contribution >= 4 is 11.5 Å². The van der Waals surface area contributed by atoms with Gasteiger partial charge in [-0.05, 0) is 37.1 Å². The second-order valence-electron chi connectivity index (χ2n) is 7.01. The van der Waals surface area contributed by atoms with E-state index in [1.54, 1.807) is 16.8 Å². The molecule has 0 atom stereocenters. The fourth-order valence-corrected chi connectivity index (χ4v) is 3.82. The van der Waals surface area contributed by atoms with Gasteiger partial charge in [0.2, 0.25) is 11.9 Å². The van der Waals surface area contributed by atoms with Crippen LogP contribution >= 0.6 is 0 Å². The standard InChI is InChI=1S/C21H19FN6/c22-18-13-14(8-10-23-18)20-19(17-7-3-4-12-28(17)27-20)16-9-11-24-21(26-16)25-15-5-1-2-6-15/h3-4,7-13,15H,1-2,5-6H2,(H,24,25,26). The summed E-state index contributed by atoms with van der Waals surface area (Å²) >= 11 is 0. The Morgan fingerprint density at radius 2 is 1.89 bits per heavy atom. The Balaban J connectivity index is 1.64. The number of halogens is 1. The van der Waals surface area contributed by atoms with Crippen LogP contribution < -0.4 is 5.32 Å². The third kappa shape index (κ3) is 3.09.